The highest BCUT2D eigenvalue weighted by Gasteiger charge is 1.92. The zero-order chi connectivity index (χ0) is 11.9. The largest absolute Gasteiger partial charge is 0.462 e. The molecule has 0 aliphatic heterocycles. The average molecular weight is 227 g/mol. The number of nitrogens with one attached hydrogen (secondary N) is 1. The molecule has 2 heteroatoms. The molecule has 2 aromatic rings. The van der Waals surface area contributed by atoms with Gasteiger partial charge in [-0.1, -0.05) is 36.4 Å². The maximum absolute atomic E-state index is 5.43. The Morgan fingerprint density at radius 3 is 2.65 bits per heavy atom. The summed E-state index contributed by atoms with van der Waals surface area (Å²) in [6, 6.07) is 14.3. The van der Waals surface area contributed by atoms with Crippen LogP contribution in [0.3, 0.4) is 0 Å². The molecular formula is C15H17NO. The van der Waals surface area contributed by atoms with Crippen LogP contribution in [0.25, 0.3) is 6.08 Å². The zero-order valence-corrected chi connectivity index (χ0v) is 10.0. The molecule has 1 aromatic carbocycles. The van der Waals surface area contributed by atoms with Gasteiger partial charge in [-0.15, -0.1) is 0 Å². The predicted octanol–water partition coefficient (Wildman–Crippen LogP) is 3.39. The van der Waals surface area contributed by atoms with Gasteiger partial charge in [0.05, 0.1) is 0 Å². The van der Waals surface area contributed by atoms with Crippen molar-refractivity contribution in [3.8, 4) is 0 Å². The lowest BCUT2D eigenvalue weighted by molar-refractivity contribution is 0.525. The first-order chi connectivity index (χ1) is 8.34. The smallest absolute Gasteiger partial charge is 0.126 e. The molecule has 0 aliphatic rings. The summed E-state index contributed by atoms with van der Waals surface area (Å²) in [5.74, 6) is 1.85. The van der Waals surface area contributed by atoms with E-state index in [2.05, 4.69) is 35.7 Å². The van der Waals surface area contributed by atoms with E-state index in [1.165, 1.54) is 5.56 Å². The molecule has 0 spiro atoms. The second-order valence-electron chi connectivity index (χ2n) is 3.97. The molecule has 0 saturated carbocycles. The minimum Gasteiger partial charge on any atom is -0.462 e. The minimum absolute atomic E-state index is 0.842. The number of furan rings is 1. The van der Waals surface area contributed by atoms with Gasteiger partial charge in [-0.05, 0) is 30.7 Å². The van der Waals surface area contributed by atoms with Crippen LogP contribution < -0.4 is 5.32 Å². The van der Waals surface area contributed by atoms with Crippen LogP contribution in [0, 0.1) is 6.92 Å². The molecule has 0 amide bonds. The Morgan fingerprint density at radius 1 is 1.12 bits per heavy atom. The lowest BCUT2D eigenvalue weighted by Crippen LogP contribution is -2.12. The Bertz CT molecular complexity index is 471. The summed E-state index contributed by atoms with van der Waals surface area (Å²) in [4.78, 5) is 0. The Labute approximate surface area is 102 Å². The van der Waals surface area contributed by atoms with E-state index in [0.717, 1.165) is 24.6 Å². The van der Waals surface area contributed by atoms with Gasteiger partial charge < -0.3 is 9.73 Å². The third kappa shape index (κ3) is 3.93. The number of hydrogen-bond acceptors (Lipinski definition) is 2. The summed E-state index contributed by atoms with van der Waals surface area (Å²) in [5, 5.41) is 3.35. The van der Waals surface area contributed by atoms with Crippen molar-refractivity contribution in [1.82, 2.24) is 5.32 Å². The van der Waals surface area contributed by atoms with E-state index in [-0.39, 0.29) is 0 Å². The average Bonchev–Trinajstić information content (AvgIpc) is 2.76. The number of hydrogen-bond donors (Lipinski definition) is 1. The van der Waals surface area contributed by atoms with Gasteiger partial charge in [0.15, 0.2) is 0 Å². The van der Waals surface area contributed by atoms with Crippen LogP contribution in [0.5, 0.6) is 0 Å². The molecule has 1 aromatic heterocycles. The highest BCUT2D eigenvalue weighted by molar-refractivity contribution is 5.42. The van der Waals surface area contributed by atoms with Crippen LogP contribution in [0.2, 0.25) is 0 Å². The Hall–Kier alpha value is -1.80. The molecule has 0 saturated heterocycles. The van der Waals surface area contributed by atoms with E-state index in [9.17, 15) is 0 Å². The first kappa shape index (κ1) is 11.7. The van der Waals surface area contributed by atoms with Gasteiger partial charge in [0, 0.05) is 13.1 Å². The number of benzene rings is 1. The number of rotatable bonds is 5. The molecule has 17 heavy (non-hydrogen) atoms. The summed E-state index contributed by atoms with van der Waals surface area (Å²) >= 11 is 0. The predicted molar refractivity (Wildman–Crippen MR) is 70.6 cm³/mol. The van der Waals surface area contributed by atoms with Gasteiger partial charge in [-0.25, -0.2) is 0 Å². The highest BCUT2D eigenvalue weighted by Crippen LogP contribution is 2.07. The van der Waals surface area contributed by atoms with E-state index in [1.54, 1.807) is 0 Å². The summed E-state index contributed by atoms with van der Waals surface area (Å²) < 4.78 is 5.43. The topological polar surface area (TPSA) is 25.2 Å². The maximum Gasteiger partial charge on any atom is 0.126 e. The van der Waals surface area contributed by atoms with Crippen molar-refractivity contribution >= 4 is 6.08 Å². The SMILES string of the molecule is Cc1ccc(/C=C/CNCc2ccccc2)o1. The Kier molecular flexibility index (Phi) is 4.17. The third-order valence-corrected chi connectivity index (χ3v) is 2.48. The quantitative estimate of drug-likeness (QED) is 0.792. The summed E-state index contributed by atoms with van der Waals surface area (Å²) in [7, 11) is 0. The van der Waals surface area contributed by atoms with Crippen molar-refractivity contribution < 1.29 is 4.42 Å². The summed E-state index contributed by atoms with van der Waals surface area (Å²) in [6.07, 6.45) is 4.06. The van der Waals surface area contributed by atoms with E-state index in [4.69, 9.17) is 4.42 Å². The van der Waals surface area contributed by atoms with E-state index in [0.29, 0.717) is 0 Å². The van der Waals surface area contributed by atoms with E-state index < -0.39 is 0 Å². The van der Waals surface area contributed by atoms with Crippen LogP contribution in [0.4, 0.5) is 0 Å². The van der Waals surface area contributed by atoms with Crippen LogP contribution in [-0.4, -0.2) is 6.54 Å². The van der Waals surface area contributed by atoms with Gasteiger partial charge >= 0.3 is 0 Å². The Balaban J connectivity index is 1.71. The molecule has 0 bridgehead atoms. The first-order valence-corrected chi connectivity index (χ1v) is 5.82. The molecule has 0 fully saturated rings. The molecule has 88 valence electrons. The second-order valence-corrected chi connectivity index (χ2v) is 3.97. The molecule has 0 unspecified atom stereocenters. The summed E-state index contributed by atoms with van der Waals surface area (Å²) in [6.45, 7) is 3.68. The maximum atomic E-state index is 5.43. The standard InChI is InChI=1S/C15H17NO/c1-13-9-10-15(17-13)8-5-11-16-12-14-6-3-2-4-7-14/h2-10,16H,11-12H2,1H3/b8-5+. The summed E-state index contributed by atoms with van der Waals surface area (Å²) in [5.41, 5.74) is 1.30. The molecule has 2 rings (SSSR count). The monoisotopic (exact) mass is 227 g/mol. The van der Waals surface area contributed by atoms with Gasteiger partial charge in [0.1, 0.15) is 11.5 Å². The second kappa shape index (κ2) is 6.06. The fraction of sp³-hybridized carbons (Fsp3) is 0.200. The highest BCUT2D eigenvalue weighted by atomic mass is 16.3. The van der Waals surface area contributed by atoms with Crippen LogP contribution in [0.1, 0.15) is 17.1 Å². The van der Waals surface area contributed by atoms with Crippen LogP contribution in [-0.2, 0) is 6.54 Å². The van der Waals surface area contributed by atoms with Gasteiger partial charge in [0.25, 0.3) is 0 Å². The van der Waals surface area contributed by atoms with Gasteiger partial charge in [0.2, 0.25) is 0 Å². The van der Waals surface area contributed by atoms with Gasteiger partial charge in [-0.3, -0.25) is 0 Å². The van der Waals surface area contributed by atoms with Crippen LogP contribution >= 0.6 is 0 Å². The van der Waals surface area contributed by atoms with Crippen molar-refractivity contribution in [2.45, 2.75) is 13.5 Å². The molecular weight excluding hydrogens is 210 g/mol. The molecule has 2 nitrogen and oxygen atoms in total. The Morgan fingerprint density at radius 2 is 1.94 bits per heavy atom. The molecule has 1 heterocycles. The van der Waals surface area contributed by atoms with Crippen molar-refractivity contribution in [2.24, 2.45) is 0 Å². The zero-order valence-electron chi connectivity index (χ0n) is 10.0. The first-order valence-electron chi connectivity index (χ1n) is 5.82. The molecule has 0 aliphatic carbocycles. The lowest BCUT2D eigenvalue weighted by Gasteiger charge is -2.00. The molecule has 0 atom stereocenters. The van der Waals surface area contributed by atoms with Gasteiger partial charge in [-0.2, -0.15) is 0 Å². The number of aryl methyl sites for hydroxylation is 1. The van der Waals surface area contributed by atoms with Crippen LogP contribution in [0.15, 0.2) is 53.0 Å². The fourth-order valence-electron chi connectivity index (χ4n) is 1.61. The van der Waals surface area contributed by atoms with E-state index >= 15 is 0 Å². The molecule has 0 radical (unpaired) electrons. The fourth-order valence-corrected chi connectivity index (χ4v) is 1.61. The minimum atomic E-state index is 0.842. The van der Waals surface area contributed by atoms with Crippen molar-refractivity contribution in [1.29, 1.82) is 0 Å². The van der Waals surface area contributed by atoms with Crippen molar-refractivity contribution in [3.63, 3.8) is 0 Å². The molecule has 1 N–H and O–H groups in total. The third-order valence-electron chi connectivity index (χ3n) is 2.48. The van der Waals surface area contributed by atoms with Crippen molar-refractivity contribution in [3.05, 3.63) is 65.6 Å². The van der Waals surface area contributed by atoms with E-state index in [1.807, 2.05) is 31.2 Å². The lowest BCUT2D eigenvalue weighted by atomic mass is 10.2. The normalized spacial score (nSPS) is 11.1. The van der Waals surface area contributed by atoms with Crippen molar-refractivity contribution in [2.75, 3.05) is 6.54 Å².